The van der Waals surface area contributed by atoms with E-state index in [9.17, 15) is 9.59 Å². The molecule has 0 spiro atoms. The number of amides is 2. The van der Waals surface area contributed by atoms with Gasteiger partial charge in [0, 0.05) is 15.8 Å². The van der Waals surface area contributed by atoms with Crippen molar-refractivity contribution in [3.63, 3.8) is 0 Å². The highest BCUT2D eigenvalue weighted by Gasteiger charge is 2.32. The average molecular weight is 427 g/mol. The summed E-state index contributed by atoms with van der Waals surface area (Å²) in [6.07, 6.45) is 8.68. The van der Waals surface area contributed by atoms with E-state index >= 15 is 0 Å². The Morgan fingerprint density at radius 2 is 1.38 bits per heavy atom. The van der Waals surface area contributed by atoms with Crippen molar-refractivity contribution in [1.29, 1.82) is 0 Å². The van der Waals surface area contributed by atoms with Crippen LogP contribution in [0.25, 0.3) is 0 Å². The summed E-state index contributed by atoms with van der Waals surface area (Å²) < 4.78 is 5.19. The number of fused-ring (bicyclic) bond motifs is 2. The van der Waals surface area contributed by atoms with Crippen LogP contribution in [0.15, 0.2) is 22.7 Å². The minimum absolute atomic E-state index is 0.259. The van der Waals surface area contributed by atoms with Gasteiger partial charge in [0.2, 0.25) is 0 Å². The van der Waals surface area contributed by atoms with E-state index in [0.29, 0.717) is 15.5 Å². The highest BCUT2D eigenvalue weighted by molar-refractivity contribution is 7.15. The molecule has 0 saturated heterocycles. The number of nitrogens with zero attached hydrogens (tertiary/aromatic N) is 2. The number of carbonyl (C=O) groups is 2. The lowest BCUT2D eigenvalue weighted by Gasteiger charge is -2.16. The van der Waals surface area contributed by atoms with E-state index in [1.165, 1.54) is 48.5 Å². The monoisotopic (exact) mass is 426 g/mol. The Labute approximate surface area is 177 Å². The van der Waals surface area contributed by atoms with Crippen molar-refractivity contribution in [3.8, 4) is 0 Å². The fourth-order valence-corrected chi connectivity index (χ4v) is 6.54. The normalized spacial score (nSPS) is 15.6. The molecular formula is C22H22N2O3S2. The summed E-state index contributed by atoms with van der Waals surface area (Å²) in [5, 5.41) is 3.99. The first-order valence-electron chi connectivity index (χ1n) is 10.2. The first-order chi connectivity index (χ1) is 14.1. The summed E-state index contributed by atoms with van der Waals surface area (Å²) in [4.78, 5) is 31.9. The molecule has 0 radical (unpaired) electrons. The van der Waals surface area contributed by atoms with Gasteiger partial charge in [0.05, 0.1) is 9.75 Å². The standard InChI is InChI=1S/C22H22N2O3S2/c1-13-10-20(23-27-13)24(21(25)18-11-14-6-2-4-8-16(14)28-18)22(26)19-12-15-7-3-5-9-17(15)29-19/h10-12H,2-9H2,1H3. The van der Waals surface area contributed by atoms with Gasteiger partial charge in [-0.2, -0.15) is 0 Å². The number of hydrogen-bond acceptors (Lipinski definition) is 6. The van der Waals surface area contributed by atoms with Crippen molar-refractivity contribution in [1.82, 2.24) is 5.16 Å². The molecule has 2 aliphatic carbocycles. The lowest BCUT2D eigenvalue weighted by molar-refractivity contribution is 0.0899. The number of hydrogen-bond donors (Lipinski definition) is 0. The SMILES string of the molecule is Cc1cc(N(C(=O)c2cc3c(s2)CCCC3)C(=O)c2cc3c(s2)CCCC3)no1. The molecule has 3 aromatic rings. The number of anilines is 1. The van der Waals surface area contributed by atoms with Crippen LogP contribution in [0.3, 0.4) is 0 Å². The fraction of sp³-hybridized carbons (Fsp3) is 0.409. The number of imide groups is 1. The van der Waals surface area contributed by atoms with Gasteiger partial charge in [-0.3, -0.25) is 9.59 Å². The molecule has 3 aromatic heterocycles. The van der Waals surface area contributed by atoms with Crippen LogP contribution in [0, 0.1) is 6.92 Å². The molecule has 0 saturated carbocycles. The van der Waals surface area contributed by atoms with Crippen LogP contribution < -0.4 is 4.90 Å². The van der Waals surface area contributed by atoms with Crippen molar-refractivity contribution in [2.24, 2.45) is 0 Å². The summed E-state index contributed by atoms with van der Waals surface area (Å²) >= 11 is 3.03. The van der Waals surface area contributed by atoms with E-state index in [4.69, 9.17) is 4.52 Å². The third-order valence-electron chi connectivity index (χ3n) is 5.67. The number of thiophene rings is 2. The smallest absolute Gasteiger partial charge is 0.276 e. The van der Waals surface area contributed by atoms with Gasteiger partial charge in [-0.1, -0.05) is 5.16 Å². The van der Waals surface area contributed by atoms with E-state index in [-0.39, 0.29) is 17.6 Å². The molecule has 0 N–H and O–H groups in total. The Balaban J connectivity index is 1.53. The van der Waals surface area contributed by atoms with Crippen LogP contribution in [-0.2, 0) is 25.7 Å². The molecule has 7 heteroatoms. The molecule has 5 rings (SSSR count). The Kier molecular flexibility index (Phi) is 4.87. The van der Waals surface area contributed by atoms with Crippen LogP contribution in [0.2, 0.25) is 0 Å². The minimum Gasteiger partial charge on any atom is -0.360 e. The van der Waals surface area contributed by atoms with Crippen LogP contribution >= 0.6 is 22.7 Å². The summed E-state index contributed by atoms with van der Waals surface area (Å²) in [6.45, 7) is 1.76. The molecule has 0 atom stereocenters. The predicted octanol–water partition coefficient (Wildman–Crippen LogP) is 5.35. The molecule has 3 heterocycles. The molecule has 0 unspecified atom stereocenters. The third-order valence-corrected chi connectivity index (χ3v) is 8.12. The van der Waals surface area contributed by atoms with Crippen molar-refractivity contribution >= 4 is 40.3 Å². The Bertz CT molecular complexity index is 978. The second kappa shape index (κ2) is 7.54. The molecular weight excluding hydrogens is 404 g/mol. The molecule has 5 nitrogen and oxygen atoms in total. The highest BCUT2D eigenvalue weighted by Crippen LogP contribution is 2.34. The van der Waals surface area contributed by atoms with Crippen molar-refractivity contribution < 1.29 is 14.1 Å². The quantitative estimate of drug-likeness (QED) is 0.530. The zero-order valence-electron chi connectivity index (χ0n) is 16.3. The zero-order valence-corrected chi connectivity index (χ0v) is 18.0. The maximum atomic E-state index is 13.5. The second-order valence-corrected chi connectivity index (χ2v) is 10.0. The van der Waals surface area contributed by atoms with Gasteiger partial charge in [0.25, 0.3) is 11.8 Å². The van der Waals surface area contributed by atoms with Gasteiger partial charge in [0.15, 0.2) is 5.82 Å². The van der Waals surface area contributed by atoms with Crippen LogP contribution in [0.1, 0.15) is 71.7 Å². The molecule has 2 amide bonds. The number of aromatic nitrogens is 1. The lowest BCUT2D eigenvalue weighted by Crippen LogP contribution is -2.36. The predicted molar refractivity (Wildman–Crippen MR) is 114 cm³/mol. The summed E-state index contributed by atoms with van der Waals surface area (Å²) in [5.74, 6) is 0.208. The van der Waals surface area contributed by atoms with E-state index in [0.717, 1.165) is 51.4 Å². The van der Waals surface area contributed by atoms with Gasteiger partial charge >= 0.3 is 0 Å². The largest absolute Gasteiger partial charge is 0.360 e. The Hall–Kier alpha value is -2.25. The van der Waals surface area contributed by atoms with Crippen LogP contribution in [0.5, 0.6) is 0 Å². The molecule has 2 aliphatic rings. The molecule has 0 fully saturated rings. The molecule has 0 aromatic carbocycles. The minimum atomic E-state index is -0.311. The van der Waals surface area contributed by atoms with Gasteiger partial charge in [-0.05, 0) is 81.5 Å². The molecule has 0 aliphatic heterocycles. The molecule has 0 bridgehead atoms. The van der Waals surface area contributed by atoms with E-state index in [2.05, 4.69) is 5.16 Å². The van der Waals surface area contributed by atoms with Gasteiger partial charge in [-0.25, -0.2) is 4.90 Å². The fourth-order valence-electron chi connectivity index (χ4n) is 4.17. The van der Waals surface area contributed by atoms with Gasteiger partial charge in [-0.15, -0.1) is 22.7 Å². The Morgan fingerprint density at radius 1 is 0.862 bits per heavy atom. The maximum absolute atomic E-state index is 13.5. The van der Waals surface area contributed by atoms with Crippen LogP contribution in [0.4, 0.5) is 5.82 Å². The third kappa shape index (κ3) is 3.46. The van der Waals surface area contributed by atoms with Crippen molar-refractivity contribution in [2.75, 3.05) is 4.90 Å². The topological polar surface area (TPSA) is 63.4 Å². The van der Waals surface area contributed by atoms with E-state index in [1.54, 1.807) is 13.0 Å². The average Bonchev–Trinajstić information content (AvgIpc) is 3.45. The zero-order chi connectivity index (χ0) is 20.0. The van der Waals surface area contributed by atoms with Gasteiger partial charge in [0.1, 0.15) is 5.76 Å². The van der Waals surface area contributed by atoms with E-state index < -0.39 is 0 Å². The van der Waals surface area contributed by atoms with Crippen molar-refractivity contribution in [3.05, 3.63) is 54.6 Å². The first-order valence-corrected chi connectivity index (χ1v) is 11.8. The maximum Gasteiger partial charge on any atom is 0.276 e. The summed E-state index contributed by atoms with van der Waals surface area (Å²) in [7, 11) is 0. The van der Waals surface area contributed by atoms with Crippen LogP contribution in [-0.4, -0.2) is 17.0 Å². The highest BCUT2D eigenvalue weighted by atomic mass is 32.1. The number of rotatable bonds is 3. The summed E-state index contributed by atoms with van der Waals surface area (Å²) in [6, 6.07) is 5.58. The first kappa shape index (κ1) is 18.8. The summed E-state index contributed by atoms with van der Waals surface area (Å²) in [5.41, 5.74) is 2.50. The second-order valence-electron chi connectivity index (χ2n) is 7.77. The molecule has 150 valence electrons. The number of aryl methyl sites for hydroxylation is 5. The lowest BCUT2D eigenvalue weighted by atomic mass is 9.99. The Morgan fingerprint density at radius 3 is 1.83 bits per heavy atom. The molecule has 29 heavy (non-hydrogen) atoms. The van der Waals surface area contributed by atoms with Gasteiger partial charge < -0.3 is 4.52 Å². The number of carbonyl (C=O) groups excluding carboxylic acids is 2. The van der Waals surface area contributed by atoms with E-state index in [1.807, 2.05) is 12.1 Å². The van der Waals surface area contributed by atoms with Crippen molar-refractivity contribution in [2.45, 2.75) is 58.3 Å².